The van der Waals surface area contributed by atoms with Crippen molar-refractivity contribution in [2.45, 2.75) is 36.6 Å². The number of rotatable bonds is 7. The number of anilines is 1. The number of hydrogen-bond donors (Lipinski definition) is 1. The second kappa shape index (κ2) is 8.96. The minimum atomic E-state index is -0.860. The van der Waals surface area contributed by atoms with E-state index < -0.39 is 21.8 Å². The summed E-state index contributed by atoms with van der Waals surface area (Å²) < 4.78 is 1.24. The average Bonchev–Trinajstić information content (AvgIpc) is 3.10. The van der Waals surface area contributed by atoms with Gasteiger partial charge < -0.3 is 5.32 Å². The fourth-order valence-corrected chi connectivity index (χ4v) is 3.81. The van der Waals surface area contributed by atoms with Crippen molar-refractivity contribution in [3.8, 4) is 0 Å². The van der Waals surface area contributed by atoms with Crippen molar-refractivity contribution in [2.75, 3.05) is 5.32 Å². The van der Waals surface area contributed by atoms with Crippen LogP contribution in [-0.2, 0) is 4.79 Å². The highest BCUT2D eigenvalue weighted by Crippen LogP contribution is 2.33. The first kappa shape index (κ1) is 22.0. The molecular formula is C20H19N5O5S. The topological polar surface area (TPSA) is 133 Å². The summed E-state index contributed by atoms with van der Waals surface area (Å²) in [5.41, 5.74) is 1.24. The van der Waals surface area contributed by atoms with Crippen molar-refractivity contribution in [2.24, 2.45) is 0 Å². The molecule has 1 heterocycles. The Morgan fingerprint density at radius 3 is 2.32 bits per heavy atom. The molecule has 1 atom stereocenters. The molecule has 3 aromatic rings. The maximum atomic E-state index is 12.7. The quantitative estimate of drug-likeness (QED) is 0.416. The highest BCUT2D eigenvalue weighted by molar-refractivity contribution is 7.99. The predicted molar refractivity (Wildman–Crippen MR) is 115 cm³/mol. The van der Waals surface area contributed by atoms with Crippen LogP contribution >= 0.6 is 11.8 Å². The van der Waals surface area contributed by atoms with Crippen LogP contribution in [0.2, 0.25) is 0 Å². The number of nitro benzene ring substituents is 1. The number of aryl methyl sites for hydroxylation is 1. The van der Waals surface area contributed by atoms with Crippen LogP contribution in [0, 0.1) is 34.1 Å². The maximum absolute atomic E-state index is 12.7. The Labute approximate surface area is 181 Å². The van der Waals surface area contributed by atoms with E-state index in [9.17, 15) is 25.0 Å². The van der Waals surface area contributed by atoms with Crippen molar-refractivity contribution >= 4 is 34.7 Å². The minimum absolute atomic E-state index is 0.161. The average molecular weight is 441 g/mol. The predicted octanol–water partition coefficient (Wildman–Crippen LogP) is 4.67. The number of nitrogens with one attached hydrogen (secondary N) is 1. The monoisotopic (exact) mass is 441 g/mol. The van der Waals surface area contributed by atoms with Crippen molar-refractivity contribution in [1.82, 2.24) is 9.78 Å². The molecular weight excluding hydrogens is 422 g/mol. The molecule has 160 valence electrons. The highest BCUT2D eigenvalue weighted by Gasteiger charge is 2.24. The van der Waals surface area contributed by atoms with Gasteiger partial charge in [0.2, 0.25) is 5.91 Å². The van der Waals surface area contributed by atoms with Crippen molar-refractivity contribution < 1.29 is 14.6 Å². The van der Waals surface area contributed by atoms with Gasteiger partial charge >= 0.3 is 5.69 Å². The Morgan fingerprint density at radius 1 is 1.06 bits per heavy atom. The highest BCUT2D eigenvalue weighted by atomic mass is 32.2. The summed E-state index contributed by atoms with van der Waals surface area (Å²) in [6, 6.07) is 11.2. The number of nitrogens with zero attached hydrogens (tertiary/aromatic N) is 4. The molecule has 1 N–H and O–H groups in total. The number of hydrogen-bond acceptors (Lipinski definition) is 7. The molecule has 0 saturated carbocycles. The van der Waals surface area contributed by atoms with Crippen LogP contribution in [0.15, 0.2) is 58.5 Å². The first-order valence-corrected chi connectivity index (χ1v) is 10.0. The lowest BCUT2D eigenvalue weighted by Gasteiger charge is -2.14. The Kier molecular flexibility index (Phi) is 6.35. The van der Waals surface area contributed by atoms with E-state index in [0.717, 1.165) is 16.7 Å². The summed E-state index contributed by atoms with van der Waals surface area (Å²) in [6.07, 6.45) is 1.09. The Balaban J connectivity index is 1.85. The Morgan fingerprint density at radius 2 is 1.74 bits per heavy atom. The van der Waals surface area contributed by atoms with E-state index in [4.69, 9.17) is 0 Å². The molecule has 0 spiro atoms. The first-order valence-electron chi connectivity index (χ1n) is 9.19. The number of nitro groups is 2. The molecule has 0 aliphatic heterocycles. The number of amides is 1. The Bertz CT molecular complexity index is 1160. The van der Waals surface area contributed by atoms with Gasteiger partial charge in [0.15, 0.2) is 0 Å². The number of carbonyl (C=O) groups is 1. The molecule has 0 saturated heterocycles. The lowest BCUT2D eigenvalue weighted by molar-refractivity contribution is -0.385. The van der Waals surface area contributed by atoms with Crippen molar-refractivity contribution in [1.29, 1.82) is 0 Å². The van der Waals surface area contributed by atoms with Crippen LogP contribution in [0.3, 0.4) is 0 Å². The fourth-order valence-electron chi connectivity index (χ4n) is 2.90. The summed E-state index contributed by atoms with van der Waals surface area (Å²) >= 11 is 1.33. The van der Waals surface area contributed by atoms with Crippen molar-refractivity contribution in [3.63, 3.8) is 0 Å². The molecule has 11 heteroatoms. The number of benzene rings is 2. The van der Waals surface area contributed by atoms with Gasteiger partial charge in [-0.1, -0.05) is 29.5 Å². The molecule has 0 bridgehead atoms. The van der Waals surface area contributed by atoms with Crippen LogP contribution in [0.4, 0.5) is 17.1 Å². The van der Waals surface area contributed by atoms with Gasteiger partial charge in [-0.25, -0.2) is 0 Å². The maximum Gasteiger partial charge on any atom is 0.309 e. The summed E-state index contributed by atoms with van der Waals surface area (Å²) in [7, 11) is 0. The first-order chi connectivity index (χ1) is 14.7. The molecule has 1 amide bonds. The molecule has 10 nitrogen and oxygen atoms in total. The normalized spacial score (nSPS) is 11.7. The summed E-state index contributed by atoms with van der Waals surface area (Å²) in [5.74, 6) is -0.507. The van der Waals surface area contributed by atoms with Gasteiger partial charge in [0, 0.05) is 27.6 Å². The van der Waals surface area contributed by atoms with Crippen LogP contribution in [0.1, 0.15) is 24.2 Å². The number of carbonyl (C=O) groups excluding carboxylic acids is 1. The van der Waals surface area contributed by atoms with Gasteiger partial charge in [0.05, 0.1) is 9.85 Å². The van der Waals surface area contributed by atoms with Gasteiger partial charge in [-0.05, 0) is 39.0 Å². The van der Waals surface area contributed by atoms with E-state index in [1.165, 1.54) is 35.5 Å². The van der Waals surface area contributed by atoms with E-state index >= 15 is 0 Å². The third-order valence-corrected chi connectivity index (χ3v) is 5.57. The van der Waals surface area contributed by atoms with Gasteiger partial charge in [-0.3, -0.25) is 29.7 Å². The zero-order valence-electron chi connectivity index (χ0n) is 16.9. The van der Waals surface area contributed by atoms with Crippen molar-refractivity contribution in [3.05, 3.63) is 80.1 Å². The second-order valence-corrected chi connectivity index (χ2v) is 8.02. The molecule has 31 heavy (non-hydrogen) atoms. The van der Waals surface area contributed by atoms with Crippen LogP contribution in [0.5, 0.6) is 0 Å². The lowest BCUT2D eigenvalue weighted by Crippen LogP contribution is -2.25. The van der Waals surface area contributed by atoms with E-state index in [0.29, 0.717) is 4.90 Å². The van der Waals surface area contributed by atoms with Gasteiger partial charge in [-0.2, -0.15) is 5.10 Å². The lowest BCUT2D eigenvalue weighted by atomic mass is 10.2. The van der Waals surface area contributed by atoms with Gasteiger partial charge in [-0.15, -0.1) is 0 Å². The summed E-state index contributed by atoms with van der Waals surface area (Å²) in [6.45, 7) is 5.00. The zero-order chi connectivity index (χ0) is 22.7. The fraction of sp³-hybridized carbons (Fsp3) is 0.200. The largest absolute Gasteiger partial charge is 0.324 e. The zero-order valence-corrected chi connectivity index (χ0v) is 17.8. The third-order valence-electron chi connectivity index (χ3n) is 4.59. The molecule has 2 aromatic carbocycles. The standard InChI is InChI=1S/C20H19N5O5S/c1-12-4-6-17(7-5-12)31-18-9-15(8-16(10-18)24(27)28)22-20(26)14(3)23-13(2)19(11-21-23)25(29)30/h4-11,14H,1-3H3,(H,22,26). The third kappa shape index (κ3) is 5.07. The SMILES string of the molecule is Cc1ccc(Sc2cc(NC(=O)C(C)n3ncc([N+](=O)[O-])c3C)cc([N+](=O)[O-])c2)cc1. The molecule has 1 unspecified atom stereocenters. The summed E-state index contributed by atoms with van der Waals surface area (Å²) in [4.78, 5) is 35.5. The summed E-state index contributed by atoms with van der Waals surface area (Å²) in [5, 5.41) is 28.9. The van der Waals surface area contributed by atoms with Crippen LogP contribution in [-0.4, -0.2) is 25.5 Å². The van der Waals surface area contributed by atoms with Gasteiger partial charge in [0.25, 0.3) is 5.69 Å². The van der Waals surface area contributed by atoms with E-state index in [-0.39, 0.29) is 22.8 Å². The van der Waals surface area contributed by atoms with E-state index in [1.807, 2.05) is 31.2 Å². The molecule has 0 radical (unpaired) electrons. The smallest absolute Gasteiger partial charge is 0.309 e. The Hall–Kier alpha value is -3.73. The molecule has 0 fully saturated rings. The van der Waals surface area contributed by atoms with E-state index in [1.54, 1.807) is 13.0 Å². The van der Waals surface area contributed by atoms with Crippen LogP contribution in [0.25, 0.3) is 0 Å². The van der Waals surface area contributed by atoms with Gasteiger partial charge in [0.1, 0.15) is 17.9 Å². The second-order valence-electron chi connectivity index (χ2n) is 6.87. The van der Waals surface area contributed by atoms with Crippen LogP contribution < -0.4 is 5.32 Å². The number of aromatic nitrogens is 2. The van der Waals surface area contributed by atoms with E-state index in [2.05, 4.69) is 10.4 Å². The molecule has 1 aromatic heterocycles. The molecule has 3 rings (SSSR count). The molecule has 0 aliphatic carbocycles. The number of non-ortho nitro benzene ring substituents is 1. The minimum Gasteiger partial charge on any atom is -0.324 e. The molecule has 0 aliphatic rings.